The van der Waals surface area contributed by atoms with E-state index in [1.54, 1.807) is 11.0 Å². The number of amides is 1. The Morgan fingerprint density at radius 2 is 2.16 bits per heavy atom. The second-order valence-corrected chi connectivity index (χ2v) is 4.99. The zero-order chi connectivity index (χ0) is 13.8. The van der Waals surface area contributed by atoms with Crippen LogP contribution in [0.25, 0.3) is 0 Å². The molecule has 0 radical (unpaired) electrons. The van der Waals surface area contributed by atoms with Gasteiger partial charge in [0.15, 0.2) is 10.5 Å². The zero-order valence-electron chi connectivity index (χ0n) is 10.3. The van der Waals surface area contributed by atoms with Crippen LogP contribution >= 0.6 is 15.9 Å². The largest absolute Gasteiger partial charge is 0.457 e. The number of nitrogens with two attached hydrogens (primary N) is 1. The summed E-state index contributed by atoms with van der Waals surface area (Å²) in [5.41, 5.74) is 5.99. The second-order valence-electron chi connectivity index (χ2n) is 4.27. The van der Waals surface area contributed by atoms with Crippen LogP contribution in [0.1, 0.15) is 10.4 Å². The number of piperazine rings is 1. The number of hydrogen-bond donors (Lipinski definition) is 2. The average molecular weight is 331 g/mol. The van der Waals surface area contributed by atoms with Crippen LogP contribution in [0.2, 0.25) is 0 Å². The van der Waals surface area contributed by atoms with E-state index in [4.69, 9.17) is 15.4 Å². The van der Waals surface area contributed by atoms with Gasteiger partial charge in [-0.25, -0.2) is 0 Å². The molecule has 1 aliphatic heterocycles. The zero-order valence-corrected chi connectivity index (χ0v) is 11.8. The number of nitrogens with zero attached hydrogens (tertiary/aromatic N) is 3. The maximum atomic E-state index is 12.2. The smallest absolute Gasteiger partial charge is 0.258 e. The Morgan fingerprint density at radius 1 is 1.47 bits per heavy atom. The van der Waals surface area contributed by atoms with Gasteiger partial charge in [0.1, 0.15) is 0 Å². The summed E-state index contributed by atoms with van der Waals surface area (Å²) in [6.45, 7) is 3.01. The van der Waals surface area contributed by atoms with E-state index >= 15 is 0 Å². The highest BCUT2D eigenvalue weighted by atomic mass is 79.9. The normalized spacial score (nSPS) is 17.7. The van der Waals surface area contributed by atoms with E-state index in [1.807, 2.05) is 4.90 Å². The maximum Gasteiger partial charge on any atom is 0.258 e. The van der Waals surface area contributed by atoms with Gasteiger partial charge in [0.25, 0.3) is 5.91 Å². The van der Waals surface area contributed by atoms with Crippen molar-refractivity contribution in [1.82, 2.24) is 9.80 Å². The Labute approximate surface area is 118 Å². The summed E-state index contributed by atoms with van der Waals surface area (Å²) < 4.78 is 5.52. The number of carbonyl (C=O) groups excluding carboxylic acids is 1. The summed E-state index contributed by atoms with van der Waals surface area (Å²) in [7, 11) is 0. The van der Waals surface area contributed by atoms with E-state index in [9.17, 15) is 4.79 Å². The van der Waals surface area contributed by atoms with E-state index in [2.05, 4.69) is 21.1 Å². The first-order valence-electron chi connectivity index (χ1n) is 5.83. The van der Waals surface area contributed by atoms with Crippen molar-refractivity contribution < 1.29 is 14.4 Å². The van der Waals surface area contributed by atoms with Crippen molar-refractivity contribution in [2.24, 2.45) is 10.9 Å². The molecular weight excluding hydrogens is 316 g/mol. The Kier molecular flexibility index (Phi) is 4.43. The highest BCUT2D eigenvalue weighted by Crippen LogP contribution is 2.20. The molecule has 8 heteroatoms. The Bertz CT molecular complexity index is 480. The molecule has 19 heavy (non-hydrogen) atoms. The minimum Gasteiger partial charge on any atom is -0.457 e. The number of halogens is 1. The lowest BCUT2D eigenvalue weighted by atomic mass is 10.2. The fraction of sp³-hybridized carbons (Fsp3) is 0.455. The minimum absolute atomic E-state index is 0.0518. The quantitative estimate of drug-likeness (QED) is 0.365. The lowest BCUT2D eigenvalue weighted by Crippen LogP contribution is -2.50. The molecule has 1 fully saturated rings. The molecule has 1 aromatic heterocycles. The van der Waals surface area contributed by atoms with E-state index in [-0.39, 0.29) is 11.7 Å². The molecule has 0 atom stereocenters. The molecule has 0 aliphatic carbocycles. The Hall–Kier alpha value is -1.54. The number of carbonyl (C=O) groups is 1. The Morgan fingerprint density at radius 3 is 2.68 bits per heavy atom. The first-order chi connectivity index (χ1) is 9.11. The molecule has 1 aromatic rings. The minimum atomic E-state index is -0.0518. The molecule has 0 saturated carbocycles. The average Bonchev–Trinajstić information content (AvgIpc) is 2.85. The third kappa shape index (κ3) is 3.27. The lowest BCUT2D eigenvalue weighted by molar-refractivity contribution is 0.0651. The van der Waals surface area contributed by atoms with Crippen LogP contribution in [0.15, 0.2) is 26.6 Å². The van der Waals surface area contributed by atoms with Gasteiger partial charge in [-0.2, -0.15) is 0 Å². The molecule has 1 amide bonds. The molecule has 0 aromatic carbocycles. The third-order valence-electron chi connectivity index (χ3n) is 3.02. The van der Waals surface area contributed by atoms with Crippen molar-refractivity contribution in [1.29, 1.82) is 0 Å². The fourth-order valence-corrected chi connectivity index (χ4v) is 2.40. The summed E-state index contributed by atoms with van der Waals surface area (Å²) >= 11 is 3.20. The highest BCUT2D eigenvalue weighted by molar-refractivity contribution is 9.10. The van der Waals surface area contributed by atoms with Crippen LogP contribution in [0, 0.1) is 0 Å². The van der Waals surface area contributed by atoms with Crippen molar-refractivity contribution >= 4 is 27.7 Å². The van der Waals surface area contributed by atoms with Crippen LogP contribution in [0.4, 0.5) is 0 Å². The third-order valence-corrected chi connectivity index (χ3v) is 3.64. The van der Waals surface area contributed by atoms with Gasteiger partial charge in [0.05, 0.1) is 18.4 Å². The number of furan rings is 1. The van der Waals surface area contributed by atoms with Gasteiger partial charge in [-0.1, -0.05) is 5.16 Å². The first-order valence-corrected chi connectivity index (χ1v) is 6.62. The Balaban J connectivity index is 1.90. The number of hydrogen-bond acceptors (Lipinski definition) is 5. The molecule has 1 aliphatic rings. The van der Waals surface area contributed by atoms with Crippen molar-refractivity contribution in [3.8, 4) is 0 Å². The first kappa shape index (κ1) is 13.9. The summed E-state index contributed by atoms with van der Waals surface area (Å²) in [5.74, 6) is 0.126. The molecule has 2 rings (SSSR count). The summed E-state index contributed by atoms with van der Waals surface area (Å²) in [6.07, 6.45) is 1.48. The molecule has 7 nitrogen and oxygen atoms in total. The van der Waals surface area contributed by atoms with Gasteiger partial charge in [-0.05, 0) is 22.0 Å². The predicted molar refractivity (Wildman–Crippen MR) is 72.2 cm³/mol. The van der Waals surface area contributed by atoms with Crippen LogP contribution < -0.4 is 5.73 Å². The van der Waals surface area contributed by atoms with Crippen molar-refractivity contribution in [2.75, 3.05) is 32.7 Å². The summed E-state index contributed by atoms with van der Waals surface area (Å²) in [4.78, 5) is 16.0. The van der Waals surface area contributed by atoms with Gasteiger partial charge in [-0.15, -0.1) is 0 Å². The highest BCUT2D eigenvalue weighted by Gasteiger charge is 2.24. The van der Waals surface area contributed by atoms with Crippen molar-refractivity contribution in [2.45, 2.75) is 0 Å². The number of amidine groups is 1. The van der Waals surface area contributed by atoms with Crippen LogP contribution in [-0.4, -0.2) is 59.5 Å². The lowest BCUT2D eigenvalue weighted by Gasteiger charge is -2.34. The van der Waals surface area contributed by atoms with E-state index < -0.39 is 0 Å². The predicted octanol–water partition coefficient (Wildman–Crippen LogP) is 0.546. The number of rotatable bonds is 3. The molecule has 0 spiro atoms. The van der Waals surface area contributed by atoms with E-state index in [1.165, 1.54) is 6.26 Å². The maximum absolute atomic E-state index is 12.2. The van der Waals surface area contributed by atoms with Crippen molar-refractivity contribution in [3.63, 3.8) is 0 Å². The topological polar surface area (TPSA) is 95.3 Å². The number of oxime groups is 1. The summed E-state index contributed by atoms with van der Waals surface area (Å²) in [5, 5.41) is 11.5. The van der Waals surface area contributed by atoms with Gasteiger partial charge in [0, 0.05) is 26.2 Å². The van der Waals surface area contributed by atoms with Crippen LogP contribution in [0.3, 0.4) is 0 Å². The monoisotopic (exact) mass is 330 g/mol. The van der Waals surface area contributed by atoms with Crippen LogP contribution in [0.5, 0.6) is 0 Å². The van der Waals surface area contributed by atoms with Gasteiger partial charge in [0.2, 0.25) is 0 Å². The van der Waals surface area contributed by atoms with Gasteiger partial charge < -0.3 is 20.3 Å². The molecule has 1 saturated heterocycles. The van der Waals surface area contributed by atoms with E-state index in [0.717, 1.165) is 0 Å². The molecule has 0 bridgehead atoms. The van der Waals surface area contributed by atoms with Crippen LogP contribution in [-0.2, 0) is 0 Å². The standard InChI is InChI=1S/C11H15BrN4O3/c12-10-8(1-6-19-10)11(17)16-4-2-15(3-5-16)7-9(13)14-18/h1,6,18H,2-5,7H2,(H2,13,14). The fourth-order valence-electron chi connectivity index (χ4n) is 1.99. The molecule has 104 valence electrons. The molecule has 0 unspecified atom stereocenters. The molecule has 2 heterocycles. The van der Waals surface area contributed by atoms with Crippen molar-refractivity contribution in [3.05, 3.63) is 22.6 Å². The summed E-state index contributed by atoms with van der Waals surface area (Å²) in [6, 6.07) is 1.65. The molecule has 3 N–H and O–H groups in total. The SMILES string of the molecule is N/C(CN1CCN(C(=O)c2ccoc2Br)CC1)=N/O. The van der Waals surface area contributed by atoms with Gasteiger partial charge >= 0.3 is 0 Å². The van der Waals surface area contributed by atoms with Gasteiger partial charge in [-0.3, -0.25) is 9.69 Å². The van der Waals surface area contributed by atoms with E-state index in [0.29, 0.717) is 43.0 Å². The second kappa shape index (κ2) is 6.07. The molecular formula is C11H15BrN4O3.